The van der Waals surface area contributed by atoms with Gasteiger partial charge in [-0.1, -0.05) is 6.07 Å². The third kappa shape index (κ3) is 4.31. The normalized spacial score (nSPS) is 15.2. The first-order valence-electron chi connectivity index (χ1n) is 8.58. The Balaban J connectivity index is 1.54. The summed E-state index contributed by atoms with van der Waals surface area (Å²) in [6, 6.07) is 10.00. The van der Waals surface area contributed by atoms with E-state index in [2.05, 4.69) is 20.9 Å². The monoisotopic (exact) mass is 324 g/mol. The molecular formula is C19H24N4O. The van der Waals surface area contributed by atoms with E-state index in [9.17, 15) is 4.79 Å². The number of carbonyl (C=O) groups is 1. The first-order chi connectivity index (χ1) is 11.7. The van der Waals surface area contributed by atoms with Gasteiger partial charge in [0.15, 0.2) is 0 Å². The Morgan fingerprint density at radius 1 is 1.08 bits per heavy atom. The van der Waals surface area contributed by atoms with Crippen molar-refractivity contribution in [3.05, 3.63) is 54.1 Å². The maximum atomic E-state index is 12.5. The Morgan fingerprint density at radius 2 is 2.00 bits per heavy atom. The van der Waals surface area contributed by atoms with Gasteiger partial charge in [0.2, 0.25) is 5.91 Å². The summed E-state index contributed by atoms with van der Waals surface area (Å²) in [6.45, 7) is 5.48. The van der Waals surface area contributed by atoms with Crippen LogP contribution in [0, 0.1) is 6.92 Å². The van der Waals surface area contributed by atoms with Crippen molar-refractivity contribution in [2.24, 2.45) is 0 Å². The zero-order chi connectivity index (χ0) is 16.8. The van der Waals surface area contributed by atoms with Crippen LogP contribution in [0.25, 0.3) is 0 Å². The van der Waals surface area contributed by atoms with Crippen molar-refractivity contribution in [2.75, 3.05) is 31.1 Å². The molecule has 1 saturated heterocycles. The first kappa shape index (κ1) is 16.4. The first-order valence-corrected chi connectivity index (χ1v) is 8.58. The van der Waals surface area contributed by atoms with Crippen molar-refractivity contribution in [1.82, 2.24) is 14.9 Å². The largest absolute Gasteiger partial charge is 0.370 e. The Bertz CT molecular complexity index is 674. The van der Waals surface area contributed by atoms with Gasteiger partial charge < -0.3 is 9.80 Å². The predicted molar refractivity (Wildman–Crippen MR) is 94.9 cm³/mol. The van der Waals surface area contributed by atoms with E-state index < -0.39 is 0 Å². The quantitative estimate of drug-likeness (QED) is 0.867. The highest BCUT2D eigenvalue weighted by molar-refractivity contribution is 5.76. The third-order valence-electron chi connectivity index (χ3n) is 4.42. The fraction of sp³-hybridized carbons (Fsp3) is 0.421. The summed E-state index contributed by atoms with van der Waals surface area (Å²) in [5, 5.41) is 0. The smallest absolute Gasteiger partial charge is 0.223 e. The van der Waals surface area contributed by atoms with Crippen LogP contribution in [0.15, 0.2) is 42.7 Å². The number of nitrogens with zero attached hydrogens (tertiary/aromatic N) is 4. The van der Waals surface area contributed by atoms with Crippen LogP contribution in [-0.4, -0.2) is 47.0 Å². The lowest BCUT2D eigenvalue weighted by Gasteiger charge is -2.24. The van der Waals surface area contributed by atoms with Gasteiger partial charge in [0.05, 0.1) is 0 Å². The SMILES string of the molecule is Cc1cc(N2CCCN(C(=O)CCc3ccccn3)CC2)ccn1. The topological polar surface area (TPSA) is 49.3 Å². The molecule has 1 amide bonds. The van der Waals surface area contributed by atoms with Crippen molar-refractivity contribution in [3.8, 4) is 0 Å². The van der Waals surface area contributed by atoms with Crippen molar-refractivity contribution >= 4 is 11.6 Å². The van der Waals surface area contributed by atoms with Gasteiger partial charge >= 0.3 is 0 Å². The summed E-state index contributed by atoms with van der Waals surface area (Å²) < 4.78 is 0. The fourth-order valence-electron chi connectivity index (χ4n) is 3.09. The van der Waals surface area contributed by atoms with Crippen LogP contribution in [0.5, 0.6) is 0 Å². The second-order valence-corrected chi connectivity index (χ2v) is 6.20. The molecule has 5 heteroatoms. The molecule has 0 saturated carbocycles. The molecule has 0 aromatic carbocycles. The van der Waals surface area contributed by atoms with Gasteiger partial charge in [-0.15, -0.1) is 0 Å². The molecule has 5 nitrogen and oxygen atoms in total. The van der Waals surface area contributed by atoms with Crippen LogP contribution in [0.1, 0.15) is 24.2 Å². The zero-order valence-electron chi connectivity index (χ0n) is 14.2. The Labute approximate surface area is 143 Å². The highest BCUT2D eigenvalue weighted by Gasteiger charge is 2.19. The highest BCUT2D eigenvalue weighted by atomic mass is 16.2. The molecule has 0 unspecified atom stereocenters. The molecule has 0 radical (unpaired) electrons. The number of carbonyl (C=O) groups excluding carboxylic acids is 1. The molecule has 2 aromatic heterocycles. The van der Waals surface area contributed by atoms with Gasteiger partial charge in [-0.25, -0.2) is 0 Å². The number of pyridine rings is 2. The minimum atomic E-state index is 0.230. The van der Waals surface area contributed by atoms with Crippen LogP contribution < -0.4 is 4.90 Å². The Kier molecular flexibility index (Phi) is 5.41. The van der Waals surface area contributed by atoms with E-state index in [0.717, 1.165) is 44.0 Å². The Morgan fingerprint density at radius 3 is 2.79 bits per heavy atom. The molecule has 24 heavy (non-hydrogen) atoms. The lowest BCUT2D eigenvalue weighted by Crippen LogP contribution is -2.35. The van der Waals surface area contributed by atoms with Crippen molar-refractivity contribution < 1.29 is 4.79 Å². The number of anilines is 1. The minimum Gasteiger partial charge on any atom is -0.370 e. The van der Waals surface area contributed by atoms with Gasteiger partial charge in [0.25, 0.3) is 0 Å². The van der Waals surface area contributed by atoms with Crippen molar-refractivity contribution in [2.45, 2.75) is 26.2 Å². The van der Waals surface area contributed by atoms with E-state index in [4.69, 9.17) is 0 Å². The molecule has 2 aromatic rings. The number of aromatic nitrogens is 2. The van der Waals surface area contributed by atoms with Crippen molar-refractivity contribution in [1.29, 1.82) is 0 Å². The number of hydrogen-bond acceptors (Lipinski definition) is 4. The average molecular weight is 324 g/mol. The second kappa shape index (κ2) is 7.90. The minimum absolute atomic E-state index is 0.230. The second-order valence-electron chi connectivity index (χ2n) is 6.20. The van der Waals surface area contributed by atoms with Crippen molar-refractivity contribution in [3.63, 3.8) is 0 Å². The maximum absolute atomic E-state index is 12.5. The van der Waals surface area contributed by atoms with E-state index in [-0.39, 0.29) is 5.91 Å². The van der Waals surface area contributed by atoms with E-state index in [1.54, 1.807) is 6.20 Å². The molecule has 0 N–H and O–H groups in total. The third-order valence-corrected chi connectivity index (χ3v) is 4.42. The van der Waals surface area contributed by atoms with E-state index in [1.807, 2.05) is 42.3 Å². The van der Waals surface area contributed by atoms with Crippen LogP contribution >= 0.6 is 0 Å². The van der Waals surface area contributed by atoms with Gasteiger partial charge in [-0.05, 0) is 44.0 Å². The van der Waals surface area contributed by atoms with Gasteiger partial charge in [-0.3, -0.25) is 14.8 Å². The van der Waals surface area contributed by atoms with Crippen LogP contribution in [-0.2, 0) is 11.2 Å². The van der Waals surface area contributed by atoms with E-state index in [1.165, 1.54) is 5.69 Å². The molecule has 0 aliphatic carbocycles. The zero-order valence-corrected chi connectivity index (χ0v) is 14.2. The Hall–Kier alpha value is -2.43. The van der Waals surface area contributed by atoms with Crippen LogP contribution in [0.3, 0.4) is 0 Å². The molecule has 1 aliphatic heterocycles. The standard InChI is InChI=1S/C19H24N4O/c1-16-15-18(8-10-20-16)22-11-4-12-23(14-13-22)19(24)7-6-17-5-2-3-9-21-17/h2-3,5,8-10,15H,4,6-7,11-14H2,1H3. The summed E-state index contributed by atoms with van der Waals surface area (Å²) in [6.07, 6.45) is 5.87. The highest BCUT2D eigenvalue weighted by Crippen LogP contribution is 2.17. The summed E-state index contributed by atoms with van der Waals surface area (Å²) in [7, 11) is 0. The number of aryl methyl sites for hydroxylation is 2. The fourth-order valence-corrected chi connectivity index (χ4v) is 3.09. The van der Waals surface area contributed by atoms with E-state index in [0.29, 0.717) is 12.8 Å². The summed E-state index contributed by atoms with van der Waals surface area (Å²) in [5.74, 6) is 0.230. The molecule has 0 bridgehead atoms. The lowest BCUT2D eigenvalue weighted by atomic mass is 10.2. The van der Waals surface area contributed by atoms with Crippen LogP contribution in [0.2, 0.25) is 0 Å². The van der Waals surface area contributed by atoms with Gasteiger partial charge in [0.1, 0.15) is 0 Å². The molecule has 0 spiro atoms. The molecular weight excluding hydrogens is 300 g/mol. The lowest BCUT2D eigenvalue weighted by molar-refractivity contribution is -0.130. The molecule has 126 valence electrons. The molecule has 1 fully saturated rings. The van der Waals surface area contributed by atoms with E-state index >= 15 is 0 Å². The molecule has 1 aliphatic rings. The van der Waals surface area contributed by atoms with Crippen LogP contribution in [0.4, 0.5) is 5.69 Å². The van der Waals surface area contributed by atoms with Gasteiger partial charge in [-0.2, -0.15) is 0 Å². The summed E-state index contributed by atoms with van der Waals surface area (Å²) in [4.78, 5) is 25.4. The number of amides is 1. The number of hydrogen-bond donors (Lipinski definition) is 0. The number of rotatable bonds is 4. The molecule has 3 rings (SSSR count). The summed E-state index contributed by atoms with van der Waals surface area (Å²) in [5.41, 5.74) is 3.21. The molecule has 0 atom stereocenters. The maximum Gasteiger partial charge on any atom is 0.223 e. The van der Waals surface area contributed by atoms with Gasteiger partial charge in [0, 0.05) is 62.1 Å². The predicted octanol–water partition coefficient (Wildman–Crippen LogP) is 2.46. The average Bonchev–Trinajstić information content (AvgIpc) is 2.87. The molecule has 3 heterocycles. The summed E-state index contributed by atoms with van der Waals surface area (Å²) >= 11 is 0.